The average Bonchev–Trinajstić information content (AvgIpc) is 2.55. The predicted molar refractivity (Wildman–Crippen MR) is 89.2 cm³/mol. The SMILES string of the molecule is CC(=O)NCc1cc(C(=O)NCCc2ccccc2Cl)ccn1. The smallest absolute Gasteiger partial charge is 0.251 e. The number of rotatable bonds is 6. The first-order valence-electron chi connectivity index (χ1n) is 7.27. The molecule has 1 heterocycles. The number of halogens is 1. The molecule has 0 atom stereocenters. The summed E-state index contributed by atoms with van der Waals surface area (Å²) >= 11 is 6.08. The molecule has 0 aliphatic carbocycles. The van der Waals surface area contributed by atoms with Crippen LogP contribution in [0.25, 0.3) is 0 Å². The molecule has 2 aromatic rings. The van der Waals surface area contributed by atoms with Crippen molar-refractivity contribution in [3.8, 4) is 0 Å². The number of hydrogen-bond acceptors (Lipinski definition) is 3. The van der Waals surface area contributed by atoms with Crippen LogP contribution in [0, 0.1) is 0 Å². The largest absolute Gasteiger partial charge is 0.352 e. The van der Waals surface area contributed by atoms with E-state index in [0.29, 0.717) is 35.8 Å². The second kappa shape index (κ2) is 8.29. The summed E-state index contributed by atoms with van der Waals surface area (Å²) in [5.41, 5.74) is 2.15. The van der Waals surface area contributed by atoms with Gasteiger partial charge in [0.25, 0.3) is 5.91 Å². The molecule has 6 heteroatoms. The Bertz CT molecular complexity index is 704. The number of carbonyl (C=O) groups excluding carboxylic acids is 2. The highest BCUT2D eigenvalue weighted by molar-refractivity contribution is 6.31. The zero-order chi connectivity index (χ0) is 16.7. The number of amides is 2. The molecule has 1 aromatic heterocycles. The van der Waals surface area contributed by atoms with Gasteiger partial charge in [-0.1, -0.05) is 29.8 Å². The monoisotopic (exact) mass is 331 g/mol. The van der Waals surface area contributed by atoms with Gasteiger partial charge in [-0.2, -0.15) is 0 Å². The molecule has 0 fully saturated rings. The summed E-state index contributed by atoms with van der Waals surface area (Å²) in [6.07, 6.45) is 2.22. The van der Waals surface area contributed by atoms with Crippen LogP contribution in [0.3, 0.4) is 0 Å². The summed E-state index contributed by atoms with van der Waals surface area (Å²) < 4.78 is 0. The van der Waals surface area contributed by atoms with E-state index in [1.165, 1.54) is 6.92 Å². The minimum atomic E-state index is -0.177. The maximum absolute atomic E-state index is 12.2. The zero-order valence-electron chi connectivity index (χ0n) is 12.8. The first kappa shape index (κ1) is 17.0. The van der Waals surface area contributed by atoms with Crippen LogP contribution >= 0.6 is 11.6 Å². The van der Waals surface area contributed by atoms with Gasteiger partial charge in [-0.05, 0) is 30.2 Å². The van der Waals surface area contributed by atoms with Gasteiger partial charge in [0.05, 0.1) is 12.2 Å². The molecule has 0 aliphatic heterocycles. The van der Waals surface area contributed by atoms with Crippen molar-refractivity contribution in [3.63, 3.8) is 0 Å². The van der Waals surface area contributed by atoms with Gasteiger partial charge in [0.2, 0.25) is 5.91 Å². The average molecular weight is 332 g/mol. The Labute approximate surface area is 140 Å². The lowest BCUT2D eigenvalue weighted by Crippen LogP contribution is -2.26. The lowest BCUT2D eigenvalue weighted by molar-refractivity contribution is -0.119. The summed E-state index contributed by atoms with van der Waals surface area (Å²) in [4.78, 5) is 27.2. The van der Waals surface area contributed by atoms with Crippen molar-refractivity contribution < 1.29 is 9.59 Å². The number of pyridine rings is 1. The maximum Gasteiger partial charge on any atom is 0.251 e. The summed E-state index contributed by atoms with van der Waals surface area (Å²) in [5, 5.41) is 6.20. The van der Waals surface area contributed by atoms with E-state index in [0.717, 1.165) is 5.56 Å². The van der Waals surface area contributed by atoms with Crippen LogP contribution in [0.1, 0.15) is 28.5 Å². The molecule has 0 radical (unpaired) electrons. The fourth-order valence-electron chi connectivity index (χ4n) is 2.05. The van der Waals surface area contributed by atoms with Crippen LogP contribution in [-0.2, 0) is 17.8 Å². The van der Waals surface area contributed by atoms with Gasteiger partial charge in [0.15, 0.2) is 0 Å². The van der Waals surface area contributed by atoms with Crippen molar-refractivity contribution in [1.82, 2.24) is 15.6 Å². The fourth-order valence-corrected chi connectivity index (χ4v) is 2.28. The molecular formula is C17H18ClN3O2. The standard InChI is InChI=1S/C17H18ClN3O2/c1-12(22)21-11-15-10-14(7-8-19-15)17(23)20-9-6-13-4-2-3-5-16(13)18/h2-5,7-8,10H,6,9,11H2,1H3,(H,20,23)(H,21,22). The van der Waals surface area contributed by atoms with E-state index in [4.69, 9.17) is 11.6 Å². The number of benzene rings is 1. The number of nitrogens with zero attached hydrogens (tertiary/aromatic N) is 1. The van der Waals surface area contributed by atoms with Gasteiger partial charge in [-0.3, -0.25) is 14.6 Å². The molecule has 0 unspecified atom stereocenters. The molecule has 0 spiro atoms. The first-order chi connectivity index (χ1) is 11.1. The summed E-state index contributed by atoms with van der Waals surface area (Å²) in [6, 6.07) is 10.9. The number of aromatic nitrogens is 1. The topological polar surface area (TPSA) is 71.1 Å². The van der Waals surface area contributed by atoms with Gasteiger partial charge >= 0.3 is 0 Å². The van der Waals surface area contributed by atoms with Crippen molar-refractivity contribution in [1.29, 1.82) is 0 Å². The summed E-state index contributed by atoms with van der Waals surface area (Å²) in [6.45, 7) is 2.23. The number of carbonyl (C=O) groups is 2. The molecule has 2 rings (SSSR count). The molecule has 120 valence electrons. The molecule has 0 saturated heterocycles. The second-order valence-electron chi connectivity index (χ2n) is 5.04. The highest BCUT2D eigenvalue weighted by Crippen LogP contribution is 2.14. The van der Waals surface area contributed by atoms with Crippen molar-refractivity contribution in [2.24, 2.45) is 0 Å². The van der Waals surface area contributed by atoms with Crippen LogP contribution < -0.4 is 10.6 Å². The number of nitrogens with one attached hydrogen (secondary N) is 2. The third kappa shape index (κ3) is 5.38. The van der Waals surface area contributed by atoms with Crippen LogP contribution in [-0.4, -0.2) is 23.3 Å². The Morgan fingerprint density at radius 2 is 1.96 bits per heavy atom. The Balaban J connectivity index is 1.89. The van der Waals surface area contributed by atoms with E-state index in [9.17, 15) is 9.59 Å². The maximum atomic E-state index is 12.2. The molecule has 2 N–H and O–H groups in total. The molecule has 0 bridgehead atoms. The van der Waals surface area contributed by atoms with Crippen molar-refractivity contribution in [2.45, 2.75) is 19.9 Å². The quantitative estimate of drug-likeness (QED) is 0.853. The minimum Gasteiger partial charge on any atom is -0.352 e. The van der Waals surface area contributed by atoms with E-state index in [-0.39, 0.29) is 11.8 Å². The third-order valence-electron chi connectivity index (χ3n) is 3.23. The van der Waals surface area contributed by atoms with Crippen molar-refractivity contribution in [2.75, 3.05) is 6.54 Å². The van der Waals surface area contributed by atoms with E-state index in [1.54, 1.807) is 18.3 Å². The predicted octanol–water partition coefficient (Wildman–Crippen LogP) is 2.34. The number of hydrogen-bond donors (Lipinski definition) is 2. The Kier molecular flexibility index (Phi) is 6.11. The van der Waals surface area contributed by atoms with Gasteiger partial charge in [0.1, 0.15) is 0 Å². The van der Waals surface area contributed by atoms with Crippen LogP contribution in [0.5, 0.6) is 0 Å². The van der Waals surface area contributed by atoms with Gasteiger partial charge < -0.3 is 10.6 Å². The van der Waals surface area contributed by atoms with Crippen LogP contribution in [0.4, 0.5) is 0 Å². The second-order valence-corrected chi connectivity index (χ2v) is 5.45. The van der Waals surface area contributed by atoms with Gasteiger partial charge in [0, 0.05) is 30.3 Å². The Hall–Kier alpha value is -2.40. The molecule has 0 aliphatic rings. The highest BCUT2D eigenvalue weighted by atomic mass is 35.5. The van der Waals surface area contributed by atoms with Gasteiger partial charge in [-0.15, -0.1) is 0 Å². The van der Waals surface area contributed by atoms with Crippen molar-refractivity contribution >= 4 is 23.4 Å². The molecule has 0 saturated carbocycles. The summed E-state index contributed by atoms with van der Waals surface area (Å²) in [5.74, 6) is -0.315. The fraction of sp³-hybridized carbons (Fsp3) is 0.235. The van der Waals surface area contributed by atoms with Gasteiger partial charge in [-0.25, -0.2) is 0 Å². The zero-order valence-corrected chi connectivity index (χ0v) is 13.6. The Morgan fingerprint density at radius 1 is 1.17 bits per heavy atom. The van der Waals surface area contributed by atoms with Crippen LogP contribution in [0.15, 0.2) is 42.6 Å². The van der Waals surface area contributed by atoms with Crippen LogP contribution in [0.2, 0.25) is 5.02 Å². The molecule has 1 aromatic carbocycles. The van der Waals surface area contributed by atoms with E-state index in [1.807, 2.05) is 24.3 Å². The molecule has 2 amide bonds. The van der Waals surface area contributed by atoms with Crippen molar-refractivity contribution in [3.05, 3.63) is 64.4 Å². The first-order valence-corrected chi connectivity index (χ1v) is 7.65. The highest BCUT2D eigenvalue weighted by Gasteiger charge is 2.07. The minimum absolute atomic E-state index is 0.138. The lowest BCUT2D eigenvalue weighted by Gasteiger charge is -2.08. The third-order valence-corrected chi connectivity index (χ3v) is 3.60. The molecule has 23 heavy (non-hydrogen) atoms. The Morgan fingerprint density at radius 3 is 2.70 bits per heavy atom. The molecule has 5 nitrogen and oxygen atoms in total. The lowest BCUT2D eigenvalue weighted by atomic mass is 10.1. The van der Waals surface area contributed by atoms with E-state index < -0.39 is 0 Å². The summed E-state index contributed by atoms with van der Waals surface area (Å²) in [7, 11) is 0. The van der Waals surface area contributed by atoms with E-state index >= 15 is 0 Å². The van der Waals surface area contributed by atoms with E-state index in [2.05, 4.69) is 15.6 Å². The normalized spacial score (nSPS) is 10.2. The molecular weight excluding hydrogens is 314 g/mol.